The van der Waals surface area contributed by atoms with Crippen molar-refractivity contribution >= 4 is 34.0 Å². The maximum atomic E-state index is 12.4. The van der Waals surface area contributed by atoms with Crippen molar-refractivity contribution < 1.29 is 4.79 Å². The number of benzene rings is 1. The Bertz CT molecular complexity index is 633. The van der Waals surface area contributed by atoms with Gasteiger partial charge in [-0.3, -0.25) is 4.79 Å². The molecule has 0 atom stereocenters. The largest absolute Gasteiger partial charge is 0.316 e. The van der Waals surface area contributed by atoms with Crippen molar-refractivity contribution in [1.29, 1.82) is 0 Å². The Hall–Kier alpha value is -1.33. The summed E-state index contributed by atoms with van der Waals surface area (Å²) < 4.78 is 1.02. The average molecular weight is 332 g/mol. The van der Waals surface area contributed by atoms with Crippen molar-refractivity contribution in [2.45, 2.75) is 36.9 Å². The van der Waals surface area contributed by atoms with Crippen molar-refractivity contribution in [3.8, 4) is 11.3 Å². The lowest BCUT2D eigenvalue weighted by atomic mass is 10.1. The number of nitrogens with one attached hydrogen (secondary N) is 1. The van der Waals surface area contributed by atoms with E-state index in [-0.39, 0.29) is 11.8 Å². The first-order valence-electron chi connectivity index (χ1n) is 7.78. The molecule has 0 bridgehead atoms. The van der Waals surface area contributed by atoms with Gasteiger partial charge in [-0.2, -0.15) is 0 Å². The maximum absolute atomic E-state index is 12.4. The molecule has 1 heterocycles. The highest BCUT2D eigenvalue weighted by atomic mass is 32.2. The summed E-state index contributed by atoms with van der Waals surface area (Å²) in [4.78, 5) is 17.1. The minimum Gasteiger partial charge on any atom is -0.316 e. The monoisotopic (exact) mass is 332 g/mol. The van der Waals surface area contributed by atoms with E-state index in [0.29, 0.717) is 0 Å². The first kappa shape index (κ1) is 15.6. The molecule has 1 aliphatic carbocycles. The van der Waals surface area contributed by atoms with E-state index in [9.17, 15) is 4.79 Å². The van der Waals surface area contributed by atoms with E-state index in [1.165, 1.54) is 12.8 Å². The van der Waals surface area contributed by atoms with Crippen LogP contribution in [0.1, 0.15) is 32.6 Å². The molecule has 1 aliphatic rings. The summed E-state index contributed by atoms with van der Waals surface area (Å²) in [6.45, 7) is 2.12. The Labute approximate surface area is 139 Å². The van der Waals surface area contributed by atoms with Gasteiger partial charge >= 0.3 is 0 Å². The molecule has 0 saturated heterocycles. The molecule has 1 N–H and O–H groups in total. The van der Waals surface area contributed by atoms with Gasteiger partial charge in [-0.25, -0.2) is 4.98 Å². The van der Waals surface area contributed by atoms with Gasteiger partial charge in [-0.15, -0.1) is 0 Å². The number of hydrogen-bond acceptors (Lipinski definition) is 4. The molecular weight excluding hydrogens is 312 g/mol. The summed E-state index contributed by atoms with van der Waals surface area (Å²) in [6, 6.07) is 10.1. The molecule has 1 amide bonds. The number of nitrogens with zero attached hydrogens (tertiary/aromatic N) is 1. The van der Waals surface area contributed by atoms with Crippen molar-refractivity contribution in [1.82, 2.24) is 4.98 Å². The first-order valence-corrected chi connectivity index (χ1v) is 9.58. The molecule has 0 spiro atoms. The Kier molecular flexibility index (Phi) is 5.16. The molecule has 1 saturated carbocycles. The van der Waals surface area contributed by atoms with Gasteiger partial charge in [0.25, 0.3) is 0 Å². The molecule has 3 nitrogen and oxygen atoms in total. The van der Waals surface area contributed by atoms with E-state index >= 15 is 0 Å². The minimum atomic E-state index is 0.159. The molecule has 22 heavy (non-hydrogen) atoms. The zero-order valence-corrected chi connectivity index (χ0v) is 14.3. The zero-order chi connectivity index (χ0) is 15.4. The van der Waals surface area contributed by atoms with E-state index in [4.69, 9.17) is 4.98 Å². The number of hydrogen-bond donors (Lipinski definition) is 1. The number of carbonyl (C=O) groups is 1. The number of thioether (sulfide) groups is 1. The summed E-state index contributed by atoms with van der Waals surface area (Å²) in [5.41, 5.74) is 1.95. The lowest BCUT2D eigenvalue weighted by Gasteiger charge is -2.09. The maximum Gasteiger partial charge on any atom is 0.228 e. The third-order valence-electron chi connectivity index (χ3n) is 3.89. The standard InChI is InChI=1S/C17H20N2OS2/c1-2-21-17-18-14(12-8-4-3-5-9-12)16(22-17)19-15(20)13-10-6-7-11-13/h3-5,8-9,13H,2,6-7,10-11H2,1H3,(H,19,20). The Morgan fingerprint density at radius 2 is 2.05 bits per heavy atom. The van der Waals surface area contributed by atoms with E-state index in [1.54, 1.807) is 23.1 Å². The van der Waals surface area contributed by atoms with E-state index in [1.807, 2.05) is 30.3 Å². The average Bonchev–Trinajstić information content (AvgIpc) is 3.18. The molecule has 1 aromatic carbocycles. The van der Waals surface area contributed by atoms with Crippen molar-refractivity contribution in [3.63, 3.8) is 0 Å². The van der Waals surface area contributed by atoms with Crippen LogP contribution in [0.5, 0.6) is 0 Å². The number of carbonyl (C=O) groups excluding carboxylic acids is 1. The SMILES string of the molecule is CCSc1nc(-c2ccccc2)c(NC(=O)C2CCCC2)s1. The second kappa shape index (κ2) is 7.29. The fraction of sp³-hybridized carbons (Fsp3) is 0.412. The molecule has 116 valence electrons. The first-order chi connectivity index (χ1) is 10.8. The van der Waals surface area contributed by atoms with Crippen LogP contribution < -0.4 is 5.32 Å². The third kappa shape index (κ3) is 3.52. The van der Waals surface area contributed by atoms with Gasteiger partial charge in [0.2, 0.25) is 5.91 Å². The Balaban J connectivity index is 1.86. The molecule has 0 radical (unpaired) electrons. The predicted octanol–water partition coefficient (Wildman–Crippen LogP) is 5.05. The summed E-state index contributed by atoms with van der Waals surface area (Å²) in [5, 5.41) is 4.02. The summed E-state index contributed by atoms with van der Waals surface area (Å²) in [5.74, 6) is 1.32. The minimum absolute atomic E-state index is 0.159. The Morgan fingerprint density at radius 1 is 1.32 bits per heavy atom. The predicted molar refractivity (Wildman–Crippen MR) is 94.5 cm³/mol. The number of amides is 1. The van der Waals surface area contributed by atoms with Crippen LogP contribution in [0.4, 0.5) is 5.00 Å². The number of aromatic nitrogens is 1. The van der Waals surface area contributed by atoms with Gasteiger partial charge in [0.1, 0.15) is 10.7 Å². The van der Waals surface area contributed by atoms with E-state index in [0.717, 1.165) is 39.2 Å². The molecule has 5 heteroatoms. The van der Waals surface area contributed by atoms with E-state index in [2.05, 4.69) is 12.2 Å². The van der Waals surface area contributed by atoms with Gasteiger partial charge in [0.15, 0.2) is 4.34 Å². The Morgan fingerprint density at radius 3 is 2.73 bits per heavy atom. The number of anilines is 1. The number of thiazole rings is 1. The van der Waals surface area contributed by atoms with Crippen LogP contribution in [0.3, 0.4) is 0 Å². The molecular formula is C17H20N2OS2. The van der Waals surface area contributed by atoms with Crippen molar-refractivity contribution in [2.75, 3.05) is 11.1 Å². The summed E-state index contributed by atoms with van der Waals surface area (Å²) in [7, 11) is 0. The summed E-state index contributed by atoms with van der Waals surface area (Å²) >= 11 is 3.31. The highest BCUT2D eigenvalue weighted by molar-refractivity contribution is 8.01. The fourth-order valence-corrected chi connectivity index (χ4v) is 4.73. The lowest BCUT2D eigenvalue weighted by molar-refractivity contribution is -0.119. The highest BCUT2D eigenvalue weighted by Crippen LogP contribution is 2.38. The van der Waals surface area contributed by atoms with Gasteiger partial charge in [0.05, 0.1) is 0 Å². The van der Waals surface area contributed by atoms with Crippen LogP contribution >= 0.6 is 23.1 Å². The molecule has 3 rings (SSSR count). The lowest BCUT2D eigenvalue weighted by Crippen LogP contribution is -2.20. The van der Waals surface area contributed by atoms with Gasteiger partial charge in [-0.05, 0) is 18.6 Å². The number of rotatable bonds is 5. The van der Waals surface area contributed by atoms with Crippen LogP contribution in [-0.2, 0) is 4.79 Å². The summed E-state index contributed by atoms with van der Waals surface area (Å²) in [6.07, 6.45) is 4.37. The second-order valence-electron chi connectivity index (χ2n) is 5.43. The third-order valence-corrected chi connectivity index (χ3v) is 5.88. The van der Waals surface area contributed by atoms with E-state index < -0.39 is 0 Å². The second-order valence-corrected chi connectivity index (χ2v) is 7.94. The van der Waals surface area contributed by atoms with Gasteiger partial charge in [0, 0.05) is 11.5 Å². The van der Waals surface area contributed by atoms with Gasteiger partial charge in [-0.1, -0.05) is 73.2 Å². The van der Waals surface area contributed by atoms with Crippen LogP contribution in [0.15, 0.2) is 34.7 Å². The molecule has 1 aromatic heterocycles. The normalized spacial score (nSPS) is 15.1. The fourth-order valence-electron chi connectivity index (χ4n) is 2.76. The van der Waals surface area contributed by atoms with Gasteiger partial charge < -0.3 is 5.32 Å². The quantitative estimate of drug-likeness (QED) is 0.779. The van der Waals surface area contributed by atoms with Crippen molar-refractivity contribution in [2.24, 2.45) is 5.92 Å². The molecule has 2 aromatic rings. The topological polar surface area (TPSA) is 42.0 Å². The highest BCUT2D eigenvalue weighted by Gasteiger charge is 2.24. The van der Waals surface area contributed by atoms with Crippen LogP contribution in [0.25, 0.3) is 11.3 Å². The zero-order valence-electron chi connectivity index (χ0n) is 12.7. The molecule has 1 fully saturated rings. The molecule has 0 unspecified atom stereocenters. The van der Waals surface area contributed by atoms with Crippen molar-refractivity contribution in [3.05, 3.63) is 30.3 Å². The van der Waals surface area contributed by atoms with Crippen LogP contribution in [-0.4, -0.2) is 16.6 Å². The van der Waals surface area contributed by atoms with Crippen LogP contribution in [0.2, 0.25) is 0 Å². The smallest absolute Gasteiger partial charge is 0.228 e. The van der Waals surface area contributed by atoms with Crippen LogP contribution in [0, 0.1) is 5.92 Å². The molecule has 0 aliphatic heterocycles.